The van der Waals surface area contributed by atoms with Gasteiger partial charge < -0.3 is 14.6 Å². The van der Waals surface area contributed by atoms with E-state index in [9.17, 15) is 0 Å². The first-order valence-electron chi connectivity index (χ1n) is 7.75. The van der Waals surface area contributed by atoms with Gasteiger partial charge in [0, 0.05) is 16.3 Å². The van der Waals surface area contributed by atoms with Gasteiger partial charge in [-0.3, -0.25) is 0 Å². The molecule has 0 amide bonds. The molecule has 1 N–H and O–H groups in total. The zero-order valence-corrected chi connectivity index (χ0v) is 13.9. The van der Waals surface area contributed by atoms with Crippen molar-refractivity contribution in [3.05, 3.63) is 64.5 Å². The minimum Gasteiger partial charge on any atom is -0.374 e. The normalized spacial score (nSPS) is 14.4. The van der Waals surface area contributed by atoms with Crippen molar-refractivity contribution in [1.82, 2.24) is 10.1 Å². The van der Waals surface area contributed by atoms with Gasteiger partial charge in [-0.15, -0.1) is 0 Å². The van der Waals surface area contributed by atoms with Crippen molar-refractivity contribution in [3.63, 3.8) is 0 Å². The van der Waals surface area contributed by atoms with Crippen LogP contribution in [0.15, 0.2) is 47.0 Å². The Bertz CT molecular complexity index is 861. The van der Waals surface area contributed by atoms with Gasteiger partial charge in [0.15, 0.2) is 0 Å². The van der Waals surface area contributed by atoms with Gasteiger partial charge >= 0.3 is 0 Å². The lowest BCUT2D eigenvalue weighted by molar-refractivity contribution is 0.134. The minimum atomic E-state index is -0.0982. The summed E-state index contributed by atoms with van der Waals surface area (Å²) in [7, 11) is 0. The van der Waals surface area contributed by atoms with Crippen molar-refractivity contribution in [2.75, 3.05) is 5.32 Å². The summed E-state index contributed by atoms with van der Waals surface area (Å²) in [6, 6.07) is 13.5. The Hall–Kier alpha value is -2.37. The number of nitrogens with zero attached hydrogens (tertiary/aromatic N) is 2. The number of benzene rings is 2. The molecule has 1 aromatic heterocycles. The highest BCUT2D eigenvalue weighted by Crippen LogP contribution is 2.26. The molecule has 0 saturated carbocycles. The van der Waals surface area contributed by atoms with Crippen LogP contribution in [0.4, 0.5) is 5.69 Å². The molecule has 5 nitrogen and oxygen atoms in total. The zero-order chi connectivity index (χ0) is 16.5. The maximum atomic E-state index is 5.90. The van der Waals surface area contributed by atoms with E-state index in [1.54, 1.807) is 12.1 Å². The number of hydrogen-bond donors (Lipinski definition) is 1. The third-order valence-electron chi connectivity index (χ3n) is 4.02. The first-order valence-corrected chi connectivity index (χ1v) is 8.12. The molecule has 1 atom stereocenters. The van der Waals surface area contributed by atoms with Crippen molar-refractivity contribution in [3.8, 4) is 11.4 Å². The monoisotopic (exact) mass is 341 g/mol. The topological polar surface area (TPSA) is 60.2 Å². The van der Waals surface area contributed by atoms with Gasteiger partial charge in [0.1, 0.15) is 6.04 Å². The van der Waals surface area contributed by atoms with Gasteiger partial charge in [0.25, 0.3) is 0 Å². The number of halogens is 1. The van der Waals surface area contributed by atoms with Gasteiger partial charge in [-0.05, 0) is 54.4 Å². The predicted molar refractivity (Wildman–Crippen MR) is 91.7 cm³/mol. The van der Waals surface area contributed by atoms with E-state index in [1.165, 1.54) is 11.1 Å². The number of rotatable bonds is 4. The summed E-state index contributed by atoms with van der Waals surface area (Å²) in [4.78, 5) is 4.47. The molecule has 2 aromatic carbocycles. The summed E-state index contributed by atoms with van der Waals surface area (Å²) in [5, 5.41) is 8.12. The fourth-order valence-electron chi connectivity index (χ4n) is 2.70. The van der Waals surface area contributed by atoms with Crippen LogP contribution < -0.4 is 5.32 Å². The molecule has 0 bridgehead atoms. The molecule has 0 aliphatic carbocycles. The number of aromatic nitrogens is 2. The molecule has 2 heterocycles. The fourth-order valence-corrected chi connectivity index (χ4v) is 2.83. The fraction of sp³-hybridized carbons (Fsp3) is 0.222. The Labute approximate surface area is 144 Å². The van der Waals surface area contributed by atoms with Crippen molar-refractivity contribution >= 4 is 17.3 Å². The summed E-state index contributed by atoms with van der Waals surface area (Å²) in [6.45, 7) is 3.35. The van der Waals surface area contributed by atoms with Gasteiger partial charge in [-0.25, -0.2) is 0 Å². The third kappa shape index (κ3) is 3.00. The SMILES string of the molecule is CC(Nc1ccc2c(c1)COC2)c1nc(-c2ccc(Cl)cc2)no1. The van der Waals surface area contributed by atoms with E-state index in [0.717, 1.165) is 11.3 Å². The maximum Gasteiger partial charge on any atom is 0.249 e. The molecule has 1 unspecified atom stereocenters. The molecule has 122 valence electrons. The Morgan fingerprint density at radius 1 is 1.08 bits per heavy atom. The van der Waals surface area contributed by atoms with E-state index >= 15 is 0 Å². The van der Waals surface area contributed by atoms with Crippen molar-refractivity contribution in [1.29, 1.82) is 0 Å². The Kier molecular flexibility index (Phi) is 3.96. The van der Waals surface area contributed by atoms with Gasteiger partial charge in [0.05, 0.1) is 13.2 Å². The third-order valence-corrected chi connectivity index (χ3v) is 4.27. The molecule has 3 aromatic rings. The molecule has 0 radical (unpaired) electrons. The van der Waals surface area contributed by atoms with Crippen molar-refractivity contribution < 1.29 is 9.26 Å². The number of nitrogens with one attached hydrogen (secondary N) is 1. The van der Waals surface area contributed by atoms with Crippen LogP contribution in [0, 0.1) is 0 Å². The maximum absolute atomic E-state index is 5.90. The molecule has 4 rings (SSSR count). The van der Waals surface area contributed by atoms with Gasteiger partial charge in [-0.2, -0.15) is 4.98 Å². The number of anilines is 1. The number of hydrogen-bond acceptors (Lipinski definition) is 5. The van der Waals surface area contributed by atoms with E-state index in [0.29, 0.717) is 30.0 Å². The molecule has 0 fully saturated rings. The van der Waals surface area contributed by atoms with Crippen LogP contribution >= 0.6 is 11.6 Å². The molecule has 24 heavy (non-hydrogen) atoms. The second-order valence-electron chi connectivity index (χ2n) is 5.81. The van der Waals surface area contributed by atoms with Crippen molar-refractivity contribution in [2.45, 2.75) is 26.2 Å². The minimum absolute atomic E-state index is 0.0982. The van der Waals surface area contributed by atoms with E-state index in [1.807, 2.05) is 25.1 Å². The molecule has 1 aliphatic heterocycles. The summed E-state index contributed by atoms with van der Waals surface area (Å²) in [6.07, 6.45) is 0. The highest BCUT2D eigenvalue weighted by atomic mass is 35.5. The summed E-state index contributed by atoms with van der Waals surface area (Å²) in [5.41, 5.74) is 4.35. The lowest BCUT2D eigenvalue weighted by Crippen LogP contribution is -2.07. The standard InChI is InChI=1S/C18H16ClN3O2/c1-11(20-16-7-4-13-9-23-10-14(13)8-16)18-21-17(22-24-18)12-2-5-15(19)6-3-12/h2-8,11,20H,9-10H2,1H3. The predicted octanol–water partition coefficient (Wildman–Crippen LogP) is 4.59. The van der Waals surface area contributed by atoms with Crippen LogP contribution in [0.5, 0.6) is 0 Å². The second kappa shape index (κ2) is 6.26. The average molecular weight is 342 g/mol. The van der Waals surface area contributed by atoms with E-state index in [2.05, 4.69) is 27.6 Å². The van der Waals surface area contributed by atoms with Crippen LogP contribution in [0.2, 0.25) is 5.02 Å². The van der Waals surface area contributed by atoms with E-state index in [4.69, 9.17) is 20.9 Å². The lowest BCUT2D eigenvalue weighted by atomic mass is 10.1. The molecule has 0 saturated heterocycles. The van der Waals surface area contributed by atoms with Crippen LogP contribution in [0.3, 0.4) is 0 Å². The van der Waals surface area contributed by atoms with E-state index < -0.39 is 0 Å². The molecule has 0 spiro atoms. The van der Waals surface area contributed by atoms with Gasteiger partial charge in [-0.1, -0.05) is 22.8 Å². The average Bonchev–Trinajstić information content (AvgIpc) is 3.24. The quantitative estimate of drug-likeness (QED) is 0.751. The molecule has 6 heteroatoms. The van der Waals surface area contributed by atoms with E-state index in [-0.39, 0.29) is 6.04 Å². The highest BCUT2D eigenvalue weighted by molar-refractivity contribution is 6.30. The molecular formula is C18H16ClN3O2. The van der Waals surface area contributed by atoms with Crippen LogP contribution in [0.25, 0.3) is 11.4 Å². The number of ether oxygens (including phenoxy) is 1. The van der Waals surface area contributed by atoms with Crippen LogP contribution in [-0.4, -0.2) is 10.1 Å². The second-order valence-corrected chi connectivity index (χ2v) is 6.24. The Balaban J connectivity index is 1.50. The smallest absolute Gasteiger partial charge is 0.249 e. The summed E-state index contributed by atoms with van der Waals surface area (Å²) in [5.74, 6) is 1.09. The van der Waals surface area contributed by atoms with Gasteiger partial charge in [0.2, 0.25) is 11.7 Å². The first-order chi connectivity index (χ1) is 11.7. The summed E-state index contributed by atoms with van der Waals surface area (Å²) >= 11 is 5.90. The van der Waals surface area contributed by atoms with Crippen molar-refractivity contribution in [2.24, 2.45) is 0 Å². The largest absolute Gasteiger partial charge is 0.374 e. The van der Waals surface area contributed by atoms with Crippen LogP contribution in [-0.2, 0) is 18.0 Å². The highest BCUT2D eigenvalue weighted by Gasteiger charge is 2.17. The Morgan fingerprint density at radius 2 is 1.88 bits per heavy atom. The molecule has 1 aliphatic rings. The Morgan fingerprint density at radius 3 is 2.71 bits per heavy atom. The first kappa shape index (κ1) is 15.2. The number of fused-ring (bicyclic) bond motifs is 1. The van der Waals surface area contributed by atoms with Crippen LogP contribution in [0.1, 0.15) is 30.0 Å². The summed E-state index contributed by atoms with van der Waals surface area (Å²) < 4.78 is 10.8. The molecular weight excluding hydrogens is 326 g/mol. The zero-order valence-electron chi connectivity index (χ0n) is 13.1. The lowest BCUT2D eigenvalue weighted by Gasteiger charge is -2.12.